The third-order valence-electron chi connectivity index (χ3n) is 2.48. The van der Waals surface area contributed by atoms with E-state index < -0.39 is 24.1 Å². The van der Waals surface area contributed by atoms with Crippen molar-refractivity contribution in [1.82, 2.24) is 0 Å². The molecule has 5 heteroatoms. The first-order chi connectivity index (χ1) is 8.06. The van der Waals surface area contributed by atoms with Gasteiger partial charge in [-0.15, -0.1) is 0 Å². The van der Waals surface area contributed by atoms with Crippen LogP contribution in [0.5, 0.6) is 0 Å². The largest absolute Gasteiger partial charge is 0.448 e. The van der Waals surface area contributed by atoms with E-state index in [0.29, 0.717) is 6.42 Å². The lowest BCUT2D eigenvalue weighted by molar-refractivity contribution is -0.193. The van der Waals surface area contributed by atoms with Crippen LogP contribution in [0.2, 0.25) is 0 Å². The lowest BCUT2D eigenvalue weighted by atomic mass is 10.1. The van der Waals surface area contributed by atoms with Crippen molar-refractivity contribution in [2.75, 3.05) is 0 Å². The number of ether oxygens (including phenoxy) is 2. The van der Waals surface area contributed by atoms with E-state index in [4.69, 9.17) is 9.47 Å². The highest BCUT2D eigenvalue weighted by Crippen LogP contribution is 2.16. The van der Waals surface area contributed by atoms with Crippen LogP contribution in [-0.2, 0) is 25.5 Å². The van der Waals surface area contributed by atoms with E-state index >= 15 is 0 Å². The van der Waals surface area contributed by atoms with Crippen molar-refractivity contribution >= 4 is 34.5 Å². The monoisotopic (exact) mass is 346 g/mol. The number of hydrogen-bond donors (Lipinski definition) is 0. The molecule has 1 aliphatic rings. The van der Waals surface area contributed by atoms with E-state index in [9.17, 15) is 9.59 Å². The molecule has 2 rings (SSSR count). The molecule has 0 aliphatic carbocycles. The van der Waals surface area contributed by atoms with E-state index in [-0.39, 0.29) is 0 Å². The number of cyclic esters (lactones) is 2. The molecule has 90 valence electrons. The van der Waals surface area contributed by atoms with Crippen molar-refractivity contribution in [2.24, 2.45) is 0 Å². The molecule has 2 unspecified atom stereocenters. The summed E-state index contributed by atoms with van der Waals surface area (Å²) in [7, 11) is 0. The van der Waals surface area contributed by atoms with Crippen LogP contribution in [0.1, 0.15) is 12.5 Å². The molecule has 1 aromatic rings. The molecule has 1 fully saturated rings. The average molecular weight is 346 g/mol. The first kappa shape index (κ1) is 12.3. The van der Waals surface area contributed by atoms with E-state index in [1.54, 1.807) is 0 Å². The Labute approximate surface area is 112 Å². The Balaban J connectivity index is 2.06. The van der Waals surface area contributed by atoms with Gasteiger partial charge in [-0.2, -0.15) is 0 Å². The number of halogens is 1. The number of benzene rings is 1. The molecule has 1 aromatic carbocycles. The smallest absolute Gasteiger partial charge is 0.348 e. The Morgan fingerprint density at radius 2 is 1.76 bits per heavy atom. The van der Waals surface area contributed by atoms with Gasteiger partial charge in [0.05, 0.1) is 0 Å². The van der Waals surface area contributed by atoms with Crippen molar-refractivity contribution in [1.29, 1.82) is 0 Å². The van der Waals surface area contributed by atoms with Gasteiger partial charge >= 0.3 is 11.9 Å². The first-order valence-corrected chi connectivity index (χ1v) is 6.29. The highest BCUT2D eigenvalue weighted by Gasteiger charge is 2.35. The van der Waals surface area contributed by atoms with Crippen LogP contribution in [0.25, 0.3) is 0 Å². The topological polar surface area (TPSA) is 52.6 Å². The third kappa shape index (κ3) is 2.96. The van der Waals surface area contributed by atoms with Crippen LogP contribution in [0.3, 0.4) is 0 Å². The quantitative estimate of drug-likeness (QED) is 0.604. The second-order valence-corrected chi connectivity index (χ2v) is 5.08. The van der Waals surface area contributed by atoms with Crippen molar-refractivity contribution < 1.29 is 19.1 Å². The number of carbonyl (C=O) groups excluding carboxylic acids is 2. The van der Waals surface area contributed by atoms with Gasteiger partial charge in [-0.05, 0) is 47.2 Å². The van der Waals surface area contributed by atoms with Gasteiger partial charge in [0.15, 0.2) is 6.10 Å². The number of hydrogen-bond acceptors (Lipinski definition) is 4. The molecular weight excluding hydrogens is 335 g/mol. The second-order valence-electron chi connectivity index (χ2n) is 3.84. The molecule has 4 nitrogen and oxygen atoms in total. The van der Waals surface area contributed by atoms with Crippen LogP contribution in [0.15, 0.2) is 24.3 Å². The molecule has 17 heavy (non-hydrogen) atoms. The zero-order valence-corrected chi connectivity index (χ0v) is 11.3. The fourth-order valence-electron chi connectivity index (χ4n) is 1.54. The van der Waals surface area contributed by atoms with Gasteiger partial charge in [-0.3, -0.25) is 0 Å². The molecule has 0 N–H and O–H groups in total. The summed E-state index contributed by atoms with van der Waals surface area (Å²) >= 11 is 2.20. The second kappa shape index (κ2) is 5.03. The SMILES string of the molecule is CC1OC(=O)C(Cc2ccc(I)cc2)OC1=O. The summed E-state index contributed by atoms with van der Waals surface area (Å²) in [5.41, 5.74) is 0.940. The number of rotatable bonds is 2. The predicted molar refractivity (Wildman–Crippen MR) is 68.3 cm³/mol. The normalized spacial score (nSPS) is 24.1. The number of esters is 2. The summed E-state index contributed by atoms with van der Waals surface area (Å²) < 4.78 is 11.0. The Morgan fingerprint density at radius 1 is 1.12 bits per heavy atom. The predicted octanol–water partition coefficient (Wildman–Crippen LogP) is 1.69. The maximum atomic E-state index is 11.5. The van der Waals surface area contributed by atoms with Crippen molar-refractivity contribution in [3.05, 3.63) is 33.4 Å². The van der Waals surface area contributed by atoms with Crippen LogP contribution in [-0.4, -0.2) is 24.1 Å². The lowest BCUT2D eigenvalue weighted by Crippen LogP contribution is -2.43. The third-order valence-corrected chi connectivity index (χ3v) is 3.20. The molecule has 2 atom stereocenters. The highest BCUT2D eigenvalue weighted by molar-refractivity contribution is 14.1. The van der Waals surface area contributed by atoms with E-state index in [1.165, 1.54) is 6.92 Å². The van der Waals surface area contributed by atoms with Crippen molar-refractivity contribution in [3.63, 3.8) is 0 Å². The minimum Gasteiger partial charge on any atom is -0.448 e. The van der Waals surface area contributed by atoms with Gasteiger partial charge in [-0.25, -0.2) is 9.59 Å². The van der Waals surface area contributed by atoms with Gasteiger partial charge in [0, 0.05) is 9.99 Å². The summed E-state index contributed by atoms with van der Waals surface area (Å²) in [6, 6.07) is 7.69. The van der Waals surface area contributed by atoms with Gasteiger partial charge in [0.1, 0.15) is 0 Å². The van der Waals surface area contributed by atoms with Crippen LogP contribution >= 0.6 is 22.6 Å². The standard InChI is InChI=1S/C12H11IO4/c1-7-11(14)17-10(12(15)16-7)6-8-2-4-9(13)5-3-8/h2-5,7,10H,6H2,1H3. The minimum atomic E-state index is -0.821. The highest BCUT2D eigenvalue weighted by atomic mass is 127. The molecular formula is C12H11IO4. The zero-order chi connectivity index (χ0) is 12.4. The van der Waals surface area contributed by atoms with Crippen molar-refractivity contribution in [2.45, 2.75) is 25.6 Å². The Morgan fingerprint density at radius 3 is 2.41 bits per heavy atom. The van der Waals surface area contributed by atoms with Crippen LogP contribution < -0.4 is 0 Å². The molecule has 0 amide bonds. The van der Waals surface area contributed by atoms with Gasteiger partial charge in [-0.1, -0.05) is 12.1 Å². The Kier molecular flexibility index (Phi) is 3.66. The maximum absolute atomic E-state index is 11.5. The van der Waals surface area contributed by atoms with E-state index in [2.05, 4.69) is 22.6 Å². The van der Waals surface area contributed by atoms with Gasteiger partial charge in [0.25, 0.3) is 0 Å². The molecule has 1 saturated heterocycles. The zero-order valence-electron chi connectivity index (χ0n) is 9.18. The summed E-state index contributed by atoms with van der Waals surface area (Å²) in [6.45, 7) is 1.50. The molecule has 1 heterocycles. The fraction of sp³-hybridized carbons (Fsp3) is 0.333. The van der Waals surface area contributed by atoms with Crippen LogP contribution in [0, 0.1) is 3.57 Å². The molecule has 0 aromatic heterocycles. The Bertz CT molecular complexity index is 440. The summed E-state index contributed by atoms with van der Waals surface area (Å²) in [6.07, 6.45) is -1.26. The van der Waals surface area contributed by atoms with E-state index in [1.807, 2.05) is 24.3 Å². The summed E-state index contributed by atoms with van der Waals surface area (Å²) in [5, 5.41) is 0. The fourth-order valence-corrected chi connectivity index (χ4v) is 1.90. The molecule has 1 aliphatic heterocycles. The van der Waals surface area contributed by atoms with Gasteiger partial charge in [0.2, 0.25) is 6.10 Å². The average Bonchev–Trinajstić information content (AvgIpc) is 2.29. The first-order valence-electron chi connectivity index (χ1n) is 5.21. The van der Waals surface area contributed by atoms with E-state index in [0.717, 1.165) is 9.13 Å². The summed E-state index contributed by atoms with van der Waals surface area (Å²) in [4.78, 5) is 22.8. The molecule has 0 spiro atoms. The molecule has 0 bridgehead atoms. The Hall–Kier alpha value is -1.11. The number of carbonyl (C=O) groups is 2. The molecule has 0 saturated carbocycles. The lowest BCUT2D eigenvalue weighted by Gasteiger charge is -2.25. The van der Waals surface area contributed by atoms with Gasteiger partial charge < -0.3 is 9.47 Å². The molecule has 0 radical (unpaired) electrons. The van der Waals surface area contributed by atoms with Crippen LogP contribution in [0.4, 0.5) is 0 Å². The summed E-state index contributed by atoms with van der Waals surface area (Å²) in [5.74, 6) is -0.962. The maximum Gasteiger partial charge on any atom is 0.348 e. The minimum absolute atomic E-state index is 0.355. The van der Waals surface area contributed by atoms with Crippen molar-refractivity contribution in [3.8, 4) is 0 Å².